The summed E-state index contributed by atoms with van der Waals surface area (Å²) < 4.78 is 1.60. The van der Waals surface area contributed by atoms with Crippen molar-refractivity contribution in [1.29, 1.82) is 0 Å². The van der Waals surface area contributed by atoms with Gasteiger partial charge in [0.25, 0.3) is 0 Å². The van der Waals surface area contributed by atoms with E-state index in [4.69, 9.17) is 0 Å². The average Bonchev–Trinajstić information content (AvgIpc) is 3.40. The molecule has 2 nitrogen and oxygen atoms in total. The molecule has 2 aromatic rings. The number of unbranched alkanes of at least 4 members (excludes halogenated alkanes) is 12. The van der Waals surface area contributed by atoms with Crippen molar-refractivity contribution >= 4 is 11.4 Å². The first kappa shape index (κ1) is 49.2. The molecule has 0 bridgehead atoms. The Labute approximate surface area is 348 Å². The number of rotatable bonds is 28. The van der Waals surface area contributed by atoms with Crippen LogP contribution in [0.2, 0.25) is 10.8 Å². The van der Waals surface area contributed by atoms with Crippen molar-refractivity contribution in [2.45, 2.75) is 234 Å². The molecule has 1 heterocycles. The Kier molecular flexibility index (Phi) is 26.2. The quantitative estimate of drug-likeness (QED) is 0.0466. The molecule has 0 aromatic heterocycles. The molecule has 0 N–H and O–H groups in total. The zero-order valence-corrected chi connectivity index (χ0v) is 38.9. The molecule has 0 radical (unpaired) electrons. The van der Waals surface area contributed by atoms with Crippen LogP contribution in [0.4, 0.5) is 0 Å². The molecule has 0 atom stereocenters. The fourth-order valence-electron chi connectivity index (χ4n) is 8.39. The van der Waals surface area contributed by atoms with Gasteiger partial charge in [-0.3, -0.25) is 0 Å². The van der Waals surface area contributed by atoms with E-state index in [0.717, 1.165) is 37.1 Å². The predicted octanol–water partition coefficient (Wildman–Crippen LogP) is 17.2. The Morgan fingerprint density at radius 2 is 0.655 bits per heavy atom. The topological polar surface area (TPSA) is 25.3 Å². The average molecular weight is 798 g/mol. The number of aryl methyl sites for hydroxylation is 4. The Morgan fingerprint density at radius 3 is 0.873 bits per heavy atom. The van der Waals surface area contributed by atoms with Crippen molar-refractivity contribution in [3.63, 3.8) is 0 Å². The molecule has 3 heteroatoms. The van der Waals surface area contributed by atoms with Gasteiger partial charge in [-0.2, -0.15) is 0 Å². The summed E-state index contributed by atoms with van der Waals surface area (Å²) in [6.45, 7) is 22.7. The molecule has 1 aliphatic heterocycles. The Hall–Kier alpha value is -1.99. The fraction of sp³-hybridized carbons (Fsp3) is 0.692. The first-order valence-corrected chi connectivity index (χ1v) is 24.8. The second-order valence-electron chi connectivity index (χ2n) is 16.2. The summed E-state index contributed by atoms with van der Waals surface area (Å²) in [5.41, 5.74) is 28.5. The van der Waals surface area contributed by atoms with Crippen LogP contribution in [-0.2, 0) is 53.0 Å². The van der Waals surface area contributed by atoms with E-state index in [1.807, 2.05) is 14.4 Å². The number of nitrogens with zero attached hydrogens (tertiary/aromatic N) is 2. The van der Waals surface area contributed by atoms with Crippen LogP contribution in [0.5, 0.6) is 0 Å². The Morgan fingerprint density at radius 1 is 0.400 bits per heavy atom. The van der Waals surface area contributed by atoms with Crippen molar-refractivity contribution in [2.75, 3.05) is 0 Å². The molecule has 3 rings (SSSR count). The summed E-state index contributed by atoms with van der Waals surface area (Å²) in [7, 11) is 0. The van der Waals surface area contributed by atoms with Crippen LogP contribution in [0.15, 0.2) is 35.4 Å². The molecule has 0 saturated carbocycles. The van der Waals surface area contributed by atoms with Gasteiger partial charge >= 0.3 is 39.1 Å². The Bertz CT molecular complexity index is 1290. The molecule has 0 aliphatic carbocycles. The van der Waals surface area contributed by atoms with Gasteiger partial charge in [-0.1, -0.05) is 119 Å². The molecule has 0 spiro atoms. The third-order valence-corrected chi connectivity index (χ3v) is 12.7. The van der Waals surface area contributed by atoms with Gasteiger partial charge in [0.05, 0.1) is 0 Å². The predicted molar refractivity (Wildman–Crippen MR) is 242 cm³/mol. The minimum atomic E-state index is 0.998. The Balaban J connectivity index is 0.00000196. The van der Waals surface area contributed by atoms with Crippen molar-refractivity contribution in [3.8, 4) is 0 Å². The fourth-order valence-corrected chi connectivity index (χ4v) is 8.88. The van der Waals surface area contributed by atoms with Crippen molar-refractivity contribution in [2.24, 2.45) is 0 Å². The van der Waals surface area contributed by atoms with Gasteiger partial charge in [0.15, 0.2) is 0 Å². The summed E-state index contributed by atoms with van der Waals surface area (Å²) >= 11 is 1.82. The van der Waals surface area contributed by atoms with Gasteiger partial charge in [0, 0.05) is 22.3 Å². The molecule has 0 unspecified atom stereocenters. The summed E-state index contributed by atoms with van der Waals surface area (Å²) in [5.74, 6) is 0. The SMILES string of the molecule is CCCCCc1cc(C2=C(C)C(C)=C(c3cc(CCCCC)c(CCCCC)c(CCCCC)c3)[N+]2=[N-])cc(CCCCC)c1CCCCC.C[CH2][Ni][CH2]C. The van der Waals surface area contributed by atoms with E-state index in [2.05, 4.69) is 93.5 Å². The van der Waals surface area contributed by atoms with Crippen LogP contribution in [-0.4, -0.2) is 4.70 Å². The molecule has 55 heavy (non-hydrogen) atoms. The van der Waals surface area contributed by atoms with E-state index in [1.54, 1.807) is 15.8 Å². The van der Waals surface area contributed by atoms with Crippen LogP contribution in [0.3, 0.4) is 0 Å². The van der Waals surface area contributed by atoms with E-state index >= 15 is 0 Å². The second kappa shape index (κ2) is 29.3. The zero-order chi connectivity index (χ0) is 40.4. The summed E-state index contributed by atoms with van der Waals surface area (Å²) in [5, 5.41) is 2.56. The van der Waals surface area contributed by atoms with E-state index in [0.29, 0.717) is 0 Å². The van der Waals surface area contributed by atoms with Gasteiger partial charge < -0.3 is 5.53 Å². The van der Waals surface area contributed by atoms with Crippen molar-refractivity contribution in [3.05, 3.63) is 85.5 Å². The third-order valence-electron chi connectivity index (χ3n) is 11.7. The van der Waals surface area contributed by atoms with Gasteiger partial charge in [-0.25, -0.2) is 4.70 Å². The van der Waals surface area contributed by atoms with E-state index in [-0.39, 0.29) is 0 Å². The standard InChI is InChI=1S/C48H76N2.2C2H5.Ni/c1-9-15-21-27-39-33-43(34-40(28-22-16-10-2)45(39)31-25-19-13-5)47-37(7)38(8)48(50(47)49)44-35-41(29-23-17-11-3)46(32-26-20-14-6)42(36-44)30-24-18-12-4;2*1-2;/h33-36H,9-32H2,1-8H3;2*1H2,2H3;. The first-order chi connectivity index (χ1) is 26.8. The monoisotopic (exact) mass is 797 g/mol. The molecular formula is C52H86N2Ni. The van der Waals surface area contributed by atoms with E-state index in [9.17, 15) is 5.53 Å². The minimum absolute atomic E-state index is 0.998. The molecule has 2 aromatic carbocycles. The molecule has 0 fully saturated rings. The number of allylic oxidation sites excluding steroid dienone is 2. The second-order valence-corrected chi connectivity index (χ2v) is 18.0. The molecule has 0 amide bonds. The normalized spacial score (nSPS) is 13.0. The van der Waals surface area contributed by atoms with E-state index < -0.39 is 0 Å². The van der Waals surface area contributed by atoms with Crippen LogP contribution in [0.25, 0.3) is 16.9 Å². The first-order valence-electron chi connectivity index (χ1n) is 23.4. The van der Waals surface area contributed by atoms with E-state index in [1.165, 1.54) is 184 Å². The van der Waals surface area contributed by atoms with Gasteiger partial charge in [-0.05, 0) is 149 Å². The van der Waals surface area contributed by atoms with Crippen LogP contribution < -0.4 is 0 Å². The number of benzene rings is 2. The molecular weight excluding hydrogens is 711 g/mol. The van der Waals surface area contributed by atoms with Gasteiger partial charge in [0.1, 0.15) is 0 Å². The van der Waals surface area contributed by atoms with Crippen LogP contribution in [0.1, 0.15) is 229 Å². The maximum absolute atomic E-state index is 12.3. The van der Waals surface area contributed by atoms with Crippen molar-refractivity contribution in [1.82, 2.24) is 0 Å². The van der Waals surface area contributed by atoms with Gasteiger partial charge in [0.2, 0.25) is 11.4 Å². The number of hydrogen-bond acceptors (Lipinski definition) is 0. The summed E-state index contributed by atoms with van der Waals surface area (Å²) in [6, 6.07) is 9.90. The molecule has 1 aliphatic rings. The summed E-state index contributed by atoms with van der Waals surface area (Å²) in [4.78, 5) is 0. The maximum atomic E-state index is 12.3. The third kappa shape index (κ3) is 16.1. The number of hydrogen-bond donors (Lipinski definition) is 0. The van der Waals surface area contributed by atoms with Crippen molar-refractivity contribution < 1.29 is 19.1 Å². The summed E-state index contributed by atoms with van der Waals surface area (Å²) in [6.07, 6.45) is 29.6. The van der Waals surface area contributed by atoms with Crippen LogP contribution >= 0.6 is 0 Å². The van der Waals surface area contributed by atoms with Crippen LogP contribution in [0, 0.1) is 0 Å². The van der Waals surface area contributed by atoms with Gasteiger partial charge in [-0.15, -0.1) is 0 Å². The zero-order valence-electron chi connectivity index (χ0n) is 37.9. The molecule has 0 saturated heterocycles. The molecule has 314 valence electrons.